The van der Waals surface area contributed by atoms with Gasteiger partial charge in [-0.2, -0.15) is 13.2 Å². The molecule has 0 bridgehead atoms. The number of hydrogen-bond donors (Lipinski definition) is 1. The smallest absolute Gasteiger partial charge is 0.378 e. The molecule has 1 atom stereocenters. The van der Waals surface area contributed by atoms with Crippen molar-refractivity contribution >= 4 is 17.0 Å². The number of benzene rings is 1. The molecule has 1 aromatic carbocycles. The maximum absolute atomic E-state index is 12.9. The molecule has 1 unspecified atom stereocenters. The van der Waals surface area contributed by atoms with E-state index in [1.807, 2.05) is 25.3 Å². The quantitative estimate of drug-likeness (QED) is 0.782. The predicted molar refractivity (Wildman–Crippen MR) is 77.3 cm³/mol. The van der Waals surface area contributed by atoms with Crippen molar-refractivity contribution in [3.8, 4) is 0 Å². The number of aryl methyl sites for hydroxylation is 2. The normalized spacial score (nSPS) is 13.3. The molecule has 0 saturated heterocycles. The van der Waals surface area contributed by atoms with Crippen LogP contribution in [0.3, 0.4) is 0 Å². The van der Waals surface area contributed by atoms with Crippen molar-refractivity contribution in [1.82, 2.24) is 0 Å². The molecular formula is C15H16F3NS. The third-order valence-electron chi connectivity index (χ3n) is 3.22. The van der Waals surface area contributed by atoms with Gasteiger partial charge in [0.15, 0.2) is 0 Å². The number of alkyl halides is 3. The van der Waals surface area contributed by atoms with Crippen molar-refractivity contribution in [3.63, 3.8) is 0 Å². The lowest BCUT2D eigenvalue weighted by Gasteiger charge is -2.17. The Morgan fingerprint density at radius 3 is 2.35 bits per heavy atom. The standard InChI is InChI=1S/C15H16F3NS/c1-9-4-5-12(8-13(9)15(16,17)18)19-11(3)14-10(2)6-7-20-14/h4-8,11,19H,1-3H3. The van der Waals surface area contributed by atoms with E-state index in [4.69, 9.17) is 0 Å². The molecule has 0 saturated carbocycles. The number of thiophene rings is 1. The fourth-order valence-electron chi connectivity index (χ4n) is 2.16. The van der Waals surface area contributed by atoms with Crippen LogP contribution in [-0.4, -0.2) is 0 Å². The van der Waals surface area contributed by atoms with E-state index in [9.17, 15) is 13.2 Å². The molecule has 0 aliphatic carbocycles. The highest BCUT2D eigenvalue weighted by Crippen LogP contribution is 2.34. The van der Waals surface area contributed by atoms with Crippen molar-refractivity contribution in [1.29, 1.82) is 0 Å². The van der Waals surface area contributed by atoms with Gasteiger partial charge < -0.3 is 5.32 Å². The second-order valence-electron chi connectivity index (χ2n) is 4.86. The first-order valence-corrected chi connectivity index (χ1v) is 7.15. The first kappa shape index (κ1) is 14.9. The zero-order chi connectivity index (χ0) is 14.9. The number of hydrogen-bond acceptors (Lipinski definition) is 2. The number of nitrogens with one attached hydrogen (secondary N) is 1. The first-order valence-electron chi connectivity index (χ1n) is 6.27. The molecule has 108 valence electrons. The Labute approximate surface area is 120 Å². The zero-order valence-electron chi connectivity index (χ0n) is 11.5. The summed E-state index contributed by atoms with van der Waals surface area (Å²) in [7, 11) is 0. The van der Waals surface area contributed by atoms with E-state index >= 15 is 0 Å². The van der Waals surface area contributed by atoms with Crippen molar-refractivity contribution in [2.75, 3.05) is 5.32 Å². The minimum Gasteiger partial charge on any atom is -0.378 e. The van der Waals surface area contributed by atoms with Crippen molar-refractivity contribution in [2.24, 2.45) is 0 Å². The Balaban J connectivity index is 2.25. The molecule has 1 nitrogen and oxygen atoms in total. The van der Waals surface area contributed by atoms with Crippen LogP contribution < -0.4 is 5.32 Å². The number of halogens is 3. The predicted octanol–water partition coefficient (Wildman–Crippen LogP) is 5.56. The Morgan fingerprint density at radius 1 is 1.10 bits per heavy atom. The second-order valence-corrected chi connectivity index (χ2v) is 5.81. The lowest BCUT2D eigenvalue weighted by Crippen LogP contribution is -2.10. The Hall–Kier alpha value is -1.49. The lowest BCUT2D eigenvalue weighted by atomic mass is 10.1. The zero-order valence-corrected chi connectivity index (χ0v) is 12.3. The molecule has 0 radical (unpaired) electrons. The van der Waals surface area contributed by atoms with Gasteiger partial charge in [-0.1, -0.05) is 6.07 Å². The molecule has 0 fully saturated rings. The highest BCUT2D eigenvalue weighted by molar-refractivity contribution is 7.10. The molecule has 5 heteroatoms. The van der Waals surface area contributed by atoms with Crippen LogP contribution in [0.25, 0.3) is 0 Å². The van der Waals surface area contributed by atoms with Crippen molar-refractivity contribution in [3.05, 3.63) is 51.2 Å². The van der Waals surface area contributed by atoms with E-state index in [-0.39, 0.29) is 11.6 Å². The fourth-order valence-corrected chi connectivity index (χ4v) is 3.10. The Bertz CT molecular complexity index is 601. The van der Waals surface area contributed by atoms with Crippen LogP contribution in [0.5, 0.6) is 0 Å². The van der Waals surface area contributed by atoms with Crippen LogP contribution in [-0.2, 0) is 6.18 Å². The molecule has 0 amide bonds. The SMILES string of the molecule is Cc1ccc(NC(C)c2sccc2C)cc1C(F)(F)F. The third kappa shape index (κ3) is 3.15. The van der Waals surface area contributed by atoms with Crippen molar-refractivity contribution < 1.29 is 13.2 Å². The summed E-state index contributed by atoms with van der Waals surface area (Å²) in [5.74, 6) is 0. The highest BCUT2D eigenvalue weighted by Gasteiger charge is 2.32. The van der Waals surface area contributed by atoms with E-state index in [1.54, 1.807) is 17.4 Å². The maximum atomic E-state index is 12.9. The van der Waals surface area contributed by atoms with E-state index in [0.29, 0.717) is 5.69 Å². The summed E-state index contributed by atoms with van der Waals surface area (Å²) in [6.07, 6.45) is -4.32. The molecular weight excluding hydrogens is 283 g/mol. The van der Waals surface area contributed by atoms with E-state index < -0.39 is 11.7 Å². The first-order chi connectivity index (χ1) is 9.29. The average Bonchev–Trinajstić information content (AvgIpc) is 2.76. The average molecular weight is 299 g/mol. The largest absolute Gasteiger partial charge is 0.416 e. The van der Waals surface area contributed by atoms with Crippen molar-refractivity contribution in [2.45, 2.75) is 33.0 Å². The number of anilines is 1. The lowest BCUT2D eigenvalue weighted by molar-refractivity contribution is -0.138. The van der Waals surface area contributed by atoms with Gasteiger partial charge in [-0.05, 0) is 55.5 Å². The molecule has 0 aliphatic heterocycles. The van der Waals surface area contributed by atoms with Crippen LogP contribution in [0.1, 0.15) is 34.5 Å². The summed E-state index contributed by atoms with van der Waals surface area (Å²) in [6, 6.07) is 6.35. The van der Waals surface area contributed by atoms with Gasteiger partial charge in [0.05, 0.1) is 11.6 Å². The Morgan fingerprint density at radius 2 is 1.80 bits per heavy atom. The molecule has 0 aliphatic rings. The number of rotatable bonds is 3. The van der Waals surface area contributed by atoms with E-state index in [0.717, 1.165) is 10.4 Å². The summed E-state index contributed by atoms with van der Waals surface area (Å²) >= 11 is 1.61. The molecule has 20 heavy (non-hydrogen) atoms. The molecule has 2 aromatic rings. The van der Waals surface area contributed by atoms with Gasteiger partial charge in [0.25, 0.3) is 0 Å². The third-order valence-corrected chi connectivity index (χ3v) is 4.42. The van der Waals surface area contributed by atoms with Gasteiger partial charge in [0.2, 0.25) is 0 Å². The minimum atomic E-state index is -4.32. The Kier molecular flexibility index (Phi) is 4.09. The molecule has 1 heterocycles. The summed E-state index contributed by atoms with van der Waals surface area (Å²) in [6.45, 7) is 5.42. The van der Waals surface area contributed by atoms with Gasteiger partial charge in [-0.25, -0.2) is 0 Å². The highest BCUT2D eigenvalue weighted by atomic mass is 32.1. The van der Waals surface area contributed by atoms with E-state index in [1.165, 1.54) is 19.1 Å². The summed E-state index contributed by atoms with van der Waals surface area (Å²) in [5.41, 5.74) is 1.29. The van der Waals surface area contributed by atoms with Crippen LogP contribution in [0.4, 0.5) is 18.9 Å². The van der Waals surface area contributed by atoms with Gasteiger partial charge in [0.1, 0.15) is 0 Å². The van der Waals surface area contributed by atoms with Gasteiger partial charge in [-0.15, -0.1) is 11.3 Å². The van der Waals surface area contributed by atoms with Crippen LogP contribution >= 0.6 is 11.3 Å². The molecule has 2 rings (SSSR count). The van der Waals surface area contributed by atoms with E-state index in [2.05, 4.69) is 5.32 Å². The molecule has 1 N–H and O–H groups in total. The summed E-state index contributed by atoms with van der Waals surface area (Å²) in [5, 5.41) is 5.12. The summed E-state index contributed by atoms with van der Waals surface area (Å²) in [4.78, 5) is 1.14. The second kappa shape index (κ2) is 5.48. The minimum absolute atomic E-state index is 0.0150. The van der Waals surface area contributed by atoms with Crippen LogP contribution in [0.2, 0.25) is 0 Å². The van der Waals surface area contributed by atoms with Crippen LogP contribution in [0.15, 0.2) is 29.6 Å². The topological polar surface area (TPSA) is 12.0 Å². The monoisotopic (exact) mass is 299 g/mol. The van der Waals surface area contributed by atoms with Gasteiger partial charge >= 0.3 is 6.18 Å². The van der Waals surface area contributed by atoms with Crippen LogP contribution in [0, 0.1) is 13.8 Å². The molecule has 0 spiro atoms. The molecule has 1 aromatic heterocycles. The van der Waals surface area contributed by atoms with Gasteiger partial charge in [-0.3, -0.25) is 0 Å². The fraction of sp³-hybridized carbons (Fsp3) is 0.333. The summed E-state index contributed by atoms with van der Waals surface area (Å²) < 4.78 is 38.6. The van der Waals surface area contributed by atoms with Gasteiger partial charge in [0, 0.05) is 10.6 Å². The maximum Gasteiger partial charge on any atom is 0.416 e.